The molecule has 1 saturated carbocycles. The second kappa shape index (κ2) is 7.31. The first-order valence-corrected chi connectivity index (χ1v) is 8.79. The van der Waals surface area contributed by atoms with Gasteiger partial charge >= 0.3 is 0 Å². The van der Waals surface area contributed by atoms with E-state index in [-0.39, 0.29) is 17.7 Å². The minimum Gasteiger partial charge on any atom is -0.377 e. The Morgan fingerprint density at radius 3 is 2.76 bits per heavy atom. The van der Waals surface area contributed by atoms with Gasteiger partial charge in [-0.2, -0.15) is 0 Å². The molecule has 0 amide bonds. The molecule has 1 aliphatic rings. The Kier molecular flexibility index (Phi) is 5.69. The molecule has 1 aliphatic carbocycles. The van der Waals surface area contributed by atoms with Crippen LogP contribution in [0.1, 0.15) is 32.3 Å². The van der Waals surface area contributed by atoms with E-state index >= 15 is 0 Å². The highest BCUT2D eigenvalue weighted by Gasteiger charge is 2.20. The highest BCUT2D eigenvalue weighted by Crippen LogP contribution is 2.19. The fraction of sp³-hybridized carbons (Fsp3) is 0.643. The van der Waals surface area contributed by atoms with Gasteiger partial charge in [0.1, 0.15) is 0 Å². The summed E-state index contributed by atoms with van der Waals surface area (Å²) in [4.78, 5) is 4.04. The van der Waals surface area contributed by atoms with Crippen LogP contribution in [0.25, 0.3) is 0 Å². The summed E-state index contributed by atoms with van der Waals surface area (Å²) in [6, 6.07) is 3.95. The summed E-state index contributed by atoms with van der Waals surface area (Å²) >= 11 is 0. The molecular weight excluding hydrogens is 290 g/mol. The van der Waals surface area contributed by atoms with Crippen LogP contribution in [-0.4, -0.2) is 38.7 Å². The zero-order valence-electron chi connectivity index (χ0n) is 12.5. The van der Waals surface area contributed by atoms with Crippen molar-refractivity contribution in [3.05, 3.63) is 23.9 Å². The largest absolute Gasteiger partial charge is 0.377 e. The number of nitrogens with one attached hydrogen (secondary N) is 2. The van der Waals surface area contributed by atoms with E-state index < -0.39 is 10.0 Å². The molecule has 21 heavy (non-hydrogen) atoms. The van der Waals surface area contributed by atoms with Crippen LogP contribution < -0.4 is 10.0 Å². The molecule has 1 heterocycles. The molecule has 0 aliphatic heterocycles. The highest BCUT2D eigenvalue weighted by atomic mass is 32.2. The van der Waals surface area contributed by atoms with Crippen LogP contribution in [0.4, 0.5) is 0 Å². The molecule has 7 heteroatoms. The van der Waals surface area contributed by atoms with Gasteiger partial charge < -0.3 is 10.1 Å². The average Bonchev–Trinajstić information content (AvgIpc) is 3.28. The molecule has 0 bridgehead atoms. The molecule has 0 spiro atoms. The number of hydrogen-bond donors (Lipinski definition) is 2. The second-order valence-corrected chi connectivity index (χ2v) is 6.99. The molecule has 0 radical (unpaired) electrons. The second-order valence-electron chi connectivity index (χ2n) is 5.28. The van der Waals surface area contributed by atoms with Crippen LogP contribution in [0.3, 0.4) is 0 Å². The number of aromatic nitrogens is 1. The van der Waals surface area contributed by atoms with E-state index in [1.54, 1.807) is 12.3 Å². The highest BCUT2D eigenvalue weighted by molar-refractivity contribution is 7.89. The number of nitrogens with zero attached hydrogens (tertiary/aromatic N) is 1. The van der Waals surface area contributed by atoms with Crippen molar-refractivity contribution >= 4 is 10.0 Å². The first-order chi connectivity index (χ1) is 10.0. The third-order valence-electron chi connectivity index (χ3n) is 3.26. The van der Waals surface area contributed by atoms with Gasteiger partial charge in [0.2, 0.25) is 0 Å². The van der Waals surface area contributed by atoms with Gasteiger partial charge in [0, 0.05) is 31.9 Å². The van der Waals surface area contributed by atoms with E-state index in [4.69, 9.17) is 4.74 Å². The van der Waals surface area contributed by atoms with Gasteiger partial charge in [-0.1, -0.05) is 6.07 Å². The monoisotopic (exact) mass is 313 g/mol. The quantitative estimate of drug-likeness (QED) is 0.712. The Morgan fingerprint density at radius 1 is 1.43 bits per heavy atom. The molecule has 1 fully saturated rings. The lowest BCUT2D eigenvalue weighted by Gasteiger charge is -2.12. The summed E-state index contributed by atoms with van der Waals surface area (Å²) < 4.78 is 32.0. The van der Waals surface area contributed by atoms with E-state index in [0.717, 1.165) is 12.1 Å². The standard InChI is InChI=1S/C14H23N3O3S/c1-3-20-11(2)8-17-21(18,19)14-7-4-12(10-16-14)9-15-13-5-6-13/h4,7,10-11,13,15,17H,3,5-6,8-9H2,1-2H3. The number of pyridine rings is 1. The molecule has 118 valence electrons. The SMILES string of the molecule is CCOC(C)CNS(=O)(=O)c1ccc(CNC2CC2)cn1. The summed E-state index contributed by atoms with van der Waals surface area (Å²) in [7, 11) is -3.57. The zero-order chi connectivity index (χ0) is 15.3. The first kappa shape index (κ1) is 16.4. The normalized spacial score (nSPS) is 16.9. The van der Waals surface area contributed by atoms with Gasteiger partial charge in [-0.25, -0.2) is 18.1 Å². The Morgan fingerprint density at radius 2 is 2.19 bits per heavy atom. The maximum atomic E-state index is 12.1. The Labute approximate surface area is 126 Å². The molecule has 1 aromatic heterocycles. The van der Waals surface area contributed by atoms with E-state index in [1.165, 1.54) is 18.9 Å². The summed E-state index contributed by atoms with van der Waals surface area (Å²) in [5.74, 6) is 0. The van der Waals surface area contributed by atoms with Gasteiger partial charge in [-0.05, 0) is 38.3 Å². The number of rotatable bonds is 9. The van der Waals surface area contributed by atoms with Crippen molar-refractivity contribution in [2.24, 2.45) is 0 Å². The lowest BCUT2D eigenvalue weighted by molar-refractivity contribution is 0.0799. The van der Waals surface area contributed by atoms with E-state index in [0.29, 0.717) is 12.6 Å². The number of ether oxygens (including phenoxy) is 1. The molecule has 0 aromatic carbocycles. The summed E-state index contributed by atoms with van der Waals surface area (Å²) in [5, 5.41) is 3.41. The van der Waals surface area contributed by atoms with Gasteiger partial charge in [-0.15, -0.1) is 0 Å². The van der Waals surface area contributed by atoms with Crippen LogP contribution in [0.5, 0.6) is 0 Å². The minimum absolute atomic E-state index is 0.0429. The fourth-order valence-electron chi connectivity index (χ4n) is 1.87. The van der Waals surface area contributed by atoms with Crippen LogP contribution in [0, 0.1) is 0 Å². The lowest BCUT2D eigenvalue weighted by Crippen LogP contribution is -2.32. The predicted molar refractivity (Wildman–Crippen MR) is 80.4 cm³/mol. The molecule has 2 rings (SSSR count). The smallest absolute Gasteiger partial charge is 0.258 e. The van der Waals surface area contributed by atoms with Crippen molar-refractivity contribution in [3.63, 3.8) is 0 Å². The van der Waals surface area contributed by atoms with Crippen molar-refractivity contribution in [3.8, 4) is 0 Å². The van der Waals surface area contributed by atoms with Gasteiger partial charge in [0.15, 0.2) is 5.03 Å². The molecule has 0 saturated heterocycles. The molecule has 6 nitrogen and oxygen atoms in total. The van der Waals surface area contributed by atoms with Crippen molar-refractivity contribution in [2.45, 2.75) is 50.4 Å². The molecule has 1 aromatic rings. The van der Waals surface area contributed by atoms with E-state index in [1.807, 2.05) is 13.8 Å². The van der Waals surface area contributed by atoms with Crippen molar-refractivity contribution in [2.75, 3.05) is 13.2 Å². The maximum Gasteiger partial charge on any atom is 0.258 e. The fourth-order valence-corrected chi connectivity index (χ4v) is 2.91. The van der Waals surface area contributed by atoms with Gasteiger partial charge in [0.25, 0.3) is 10.0 Å². The minimum atomic E-state index is -3.57. The van der Waals surface area contributed by atoms with Crippen molar-refractivity contribution in [1.29, 1.82) is 0 Å². The van der Waals surface area contributed by atoms with E-state index in [2.05, 4.69) is 15.0 Å². The third kappa shape index (κ3) is 5.35. The topological polar surface area (TPSA) is 80.3 Å². The Hall–Kier alpha value is -1.02. The zero-order valence-corrected chi connectivity index (χ0v) is 13.3. The van der Waals surface area contributed by atoms with Crippen LogP contribution in [-0.2, 0) is 21.3 Å². The molecular formula is C14H23N3O3S. The van der Waals surface area contributed by atoms with Crippen LogP contribution in [0.2, 0.25) is 0 Å². The molecule has 1 atom stereocenters. The lowest BCUT2D eigenvalue weighted by atomic mass is 10.3. The molecule has 2 N–H and O–H groups in total. The predicted octanol–water partition coefficient (Wildman–Crippen LogP) is 1.04. The Bertz CT molecular complexity index is 541. The summed E-state index contributed by atoms with van der Waals surface area (Å²) in [6.45, 7) is 5.23. The van der Waals surface area contributed by atoms with Crippen LogP contribution in [0.15, 0.2) is 23.4 Å². The Balaban J connectivity index is 1.89. The summed E-state index contributed by atoms with van der Waals surface area (Å²) in [5.41, 5.74) is 0.989. The average molecular weight is 313 g/mol. The van der Waals surface area contributed by atoms with E-state index in [9.17, 15) is 8.42 Å². The van der Waals surface area contributed by atoms with Gasteiger partial charge in [0.05, 0.1) is 6.10 Å². The maximum absolute atomic E-state index is 12.1. The first-order valence-electron chi connectivity index (χ1n) is 7.31. The van der Waals surface area contributed by atoms with Crippen LogP contribution >= 0.6 is 0 Å². The van der Waals surface area contributed by atoms with Crippen molar-refractivity contribution < 1.29 is 13.2 Å². The number of hydrogen-bond acceptors (Lipinski definition) is 5. The third-order valence-corrected chi connectivity index (χ3v) is 4.60. The van der Waals surface area contributed by atoms with Gasteiger partial charge in [-0.3, -0.25) is 0 Å². The summed E-state index contributed by atoms with van der Waals surface area (Å²) in [6.07, 6.45) is 3.89. The van der Waals surface area contributed by atoms with Crippen molar-refractivity contribution in [1.82, 2.24) is 15.0 Å². The number of sulfonamides is 1. The molecule has 1 unspecified atom stereocenters.